The first-order valence-electron chi connectivity index (χ1n) is 5.45. The van der Waals surface area contributed by atoms with Crippen LogP contribution in [-0.4, -0.2) is 14.6 Å². The lowest BCUT2D eigenvalue weighted by atomic mass is 10.3. The van der Waals surface area contributed by atoms with E-state index in [2.05, 4.69) is 31.3 Å². The summed E-state index contributed by atoms with van der Waals surface area (Å²) in [5, 5.41) is 7.03. The third-order valence-electron chi connectivity index (χ3n) is 2.61. The van der Waals surface area contributed by atoms with Crippen LogP contribution in [0, 0.1) is 5.82 Å². The summed E-state index contributed by atoms with van der Waals surface area (Å²) in [5.41, 5.74) is 7.29. The Balaban J connectivity index is 2.02. The van der Waals surface area contributed by atoms with Gasteiger partial charge in [-0.2, -0.15) is 0 Å². The number of nitrogen functional groups attached to an aromatic ring is 1. The third-order valence-corrected chi connectivity index (χ3v) is 3.11. The van der Waals surface area contributed by atoms with Gasteiger partial charge in [-0.05, 0) is 18.2 Å². The van der Waals surface area contributed by atoms with E-state index in [4.69, 9.17) is 5.73 Å². The molecule has 0 radical (unpaired) electrons. The van der Waals surface area contributed by atoms with Gasteiger partial charge in [0.2, 0.25) is 0 Å². The average Bonchev–Trinajstić information content (AvgIpc) is 2.80. The number of hydrogen-bond acceptors (Lipinski definition) is 4. The van der Waals surface area contributed by atoms with Gasteiger partial charge in [-0.25, -0.2) is 13.9 Å². The molecule has 3 N–H and O–H groups in total. The Morgan fingerprint density at radius 2 is 2.11 bits per heavy atom. The van der Waals surface area contributed by atoms with E-state index in [0.29, 0.717) is 21.5 Å². The molecule has 19 heavy (non-hydrogen) atoms. The molecule has 0 bridgehead atoms. The van der Waals surface area contributed by atoms with Crippen molar-refractivity contribution in [2.75, 3.05) is 11.1 Å². The Kier molecular flexibility index (Phi) is 2.83. The Bertz CT molecular complexity index is 755. The molecule has 2 aromatic heterocycles. The number of nitrogens with one attached hydrogen (secondary N) is 1. The van der Waals surface area contributed by atoms with Gasteiger partial charge in [-0.1, -0.05) is 15.9 Å². The van der Waals surface area contributed by atoms with E-state index < -0.39 is 0 Å². The lowest BCUT2D eigenvalue weighted by Gasteiger charge is -2.10. The minimum atomic E-state index is -0.378. The molecule has 0 unspecified atom stereocenters. The highest BCUT2D eigenvalue weighted by Gasteiger charge is 2.08. The summed E-state index contributed by atoms with van der Waals surface area (Å²) < 4.78 is 16.0. The van der Waals surface area contributed by atoms with Gasteiger partial charge in [0.25, 0.3) is 0 Å². The van der Waals surface area contributed by atoms with Crippen molar-refractivity contribution in [3.05, 3.63) is 46.9 Å². The molecule has 0 atom stereocenters. The van der Waals surface area contributed by atoms with Crippen LogP contribution in [0.15, 0.2) is 41.1 Å². The number of benzene rings is 1. The zero-order valence-electron chi connectivity index (χ0n) is 9.64. The van der Waals surface area contributed by atoms with Gasteiger partial charge in [0, 0.05) is 22.9 Å². The number of hydrogen-bond donors (Lipinski definition) is 2. The van der Waals surface area contributed by atoms with E-state index in [1.807, 2.05) is 0 Å². The average molecular weight is 322 g/mol. The summed E-state index contributed by atoms with van der Waals surface area (Å²) in [6, 6.07) is 6.45. The Labute approximate surface area is 116 Å². The molecule has 96 valence electrons. The van der Waals surface area contributed by atoms with Gasteiger partial charge in [-0.15, -0.1) is 5.10 Å². The first-order valence-corrected chi connectivity index (χ1v) is 6.25. The fraction of sp³-hybridized carbons (Fsp3) is 0. The molecule has 0 aliphatic heterocycles. The predicted octanol–water partition coefficient (Wildman–Crippen LogP) is 2.96. The molecule has 0 amide bonds. The first kappa shape index (κ1) is 11.9. The van der Waals surface area contributed by atoms with Gasteiger partial charge in [0.05, 0.1) is 11.4 Å². The molecule has 7 heteroatoms. The molecule has 5 nitrogen and oxygen atoms in total. The number of imidazole rings is 1. The number of aromatic nitrogens is 3. The summed E-state index contributed by atoms with van der Waals surface area (Å²) in [7, 11) is 0. The van der Waals surface area contributed by atoms with Crippen molar-refractivity contribution >= 4 is 38.8 Å². The summed E-state index contributed by atoms with van der Waals surface area (Å²) in [5.74, 6) is -0.107. The standard InChI is InChI=1S/C12H9BrFN5/c13-7-1-2-9(8(14)5-7)17-10-6-11-16-3-4-19(11)18-12(10)15/h1-6,17H,(H2,15,18). The maximum atomic E-state index is 13.7. The SMILES string of the molecule is Nc1nn2ccnc2cc1Nc1ccc(Br)cc1F. The highest BCUT2D eigenvalue weighted by Crippen LogP contribution is 2.26. The molecule has 1 aromatic carbocycles. The third kappa shape index (κ3) is 2.24. The van der Waals surface area contributed by atoms with Crippen LogP contribution >= 0.6 is 15.9 Å². The van der Waals surface area contributed by atoms with E-state index in [9.17, 15) is 4.39 Å². The Morgan fingerprint density at radius 1 is 1.26 bits per heavy atom. The quantitative estimate of drug-likeness (QED) is 0.761. The normalized spacial score (nSPS) is 10.8. The van der Waals surface area contributed by atoms with Crippen LogP contribution in [0.25, 0.3) is 5.65 Å². The molecule has 0 aliphatic rings. The summed E-state index contributed by atoms with van der Waals surface area (Å²) in [6.07, 6.45) is 3.31. The van der Waals surface area contributed by atoms with Crippen LogP contribution in [-0.2, 0) is 0 Å². The zero-order valence-corrected chi connectivity index (χ0v) is 11.2. The molecule has 0 saturated carbocycles. The Morgan fingerprint density at radius 3 is 2.89 bits per heavy atom. The van der Waals surface area contributed by atoms with Crippen molar-refractivity contribution in [3.63, 3.8) is 0 Å². The molecule has 0 saturated heterocycles. The second-order valence-electron chi connectivity index (χ2n) is 3.92. The van der Waals surface area contributed by atoms with E-state index in [1.54, 1.807) is 35.1 Å². The van der Waals surface area contributed by atoms with E-state index >= 15 is 0 Å². The maximum Gasteiger partial charge on any atom is 0.168 e. The van der Waals surface area contributed by atoms with Crippen LogP contribution < -0.4 is 11.1 Å². The maximum absolute atomic E-state index is 13.7. The zero-order chi connectivity index (χ0) is 13.4. The fourth-order valence-electron chi connectivity index (χ4n) is 1.71. The van der Waals surface area contributed by atoms with Gasteiger partial charge in [0.15, 0.2) is 11.5 Å². The van der Waals surface area contributed by atoms with Gasteiger partial charge in [0.1, 0.15) is 5.82 Å². The van der Waals surface area contributed by atoms with E-state index in [0.717, 1.165) is 0 Å². The number of anilines is 3. The lowest BCUT2D eigenvalue weighted by Crippen LogP contribution is -2.04. The highest BCUT2D eigenvalue weighted by atomic mass is 79.9. The van der Waals surface area contributed by atoms with Crippen molar-refractivity contribution in [2.24, 2.45) is 0 Å². The van der Waals surface area contributed by atoms with E-state index in [-0.39, 0.29) is 11.6 Å². The largest absolute Gasteiger partial charge is 0.381 e. The highest BCUT2D eigenvalue weighted by molar-refractivity contribution is 9.10. The molecular weight excluding hydrogens is 313 g/mol. The van der Waals surface area contributed by atoms with Gasteiger partial charge >= 0.3 is 0 Å². The second-order valence-corrected chi connectivity index (χ2v) is 4.84. The molecule has 3 aromatic rings. The Hall–Kier alpha value is -2.15. The second kappa shape index (κ2) is 4.51. The predicted molar refractivity (Wildman–Crippen MR) is 74.8 cm³/mol. The first-order chi connectivity index (χ1) is 9.13. The molecule has 3 rings (SSSR count). The summed E-state index contributed by atoms with van der Waals surface area (Å²) in [4.78, 5) is 4.10. The number of fused-ring (bicyclic) bond motifs is 1. The number of nitrogens with two attached hydrogens (primary N) is 1. The van der Waals surface area contributed by atoms with Crippen molar-refractivity contribution in [1.29, 1.82) is 0 Å². The topological polar surface area (TPSA) is 68.2 Å². The van der Waals surface area contributed by atoms with Crippen molar-refractivity contribution < 1.29 is 4.39 Å². The van der Waals surface area contributed by atoms with Crippen molar-refractivity contribution in [1.82, 2.24) is 14.6 Å². The molecule has 0 fully saturated rings. The van der Waals surface area contributed by atoms with Gasteiger partial charge < -0.3 is 11.1 Å². The molecule has 0 spiro atoms. The number of halogens is 2. The number of rotatable bonds is 2. The summed E-state index contributed by atoms with van der Waals surface area (Å²) >= 11 is 3.21. The van der Waals surface area contributed by atoms with Crippen molar-refractivity contribution in [3.8, 4) is 0 Å². The smallest absolute Gasteiger partial charge is 0.168 e. The summed E-state index contributed by atoms with van der Waals surface area (Å²) in [6.45, 7) is 0. The monoisotopic (exact) mass is 321 g/mol. The molecular formula is C12H9BrFN5. The van der Waals surface area contributed by atoms with Crippen LogP contribution in [0.3, 0.4) is 0 Å². The van der Waals surface area contributed by atoms with Gasteiger partial charge in [-0.3, -0.25) is 0 Å². The van der Waals surface area contributed by atoms with Crippen LogP contribution in [0.1, 0.15) is 0 Å². The number of nitrogens with zero attached hydrogens (tertiary/aromatic N) is 3. The minimum absolute atomic E-state index is 0.271. The van der Waals surface area contributed by atoms with Crippen molar-refractivity contribution in [2.45, 2.75) is 0 Å². The fourth-order valence-corrected chi connectivity index (χ4v) is 2.04. The van der Waals surface area contributed by atoms with Crippen LogP contribution in [0.5, 0.6) is 0 Å². The minimum Gasteiger partial charge on any atom is -0.381 e. The molecule has 0 aliphatic carbocycles. The van der Waals surface area contributed by atoms with Crippen LogP contribution in [0.4, 0.5) is 21.6 Å². The van der Waals surface area contributed by atoms with E-state index in [1.165, 1.54) is 6.07 Å². The molecule has 2 heterocycles. The van der Waals surface area contributed by atoms with Crippen LogP contribution in [0.2, 0.25) is 0 Å². The lowest BCUT2D eigenvalue weighted by molar-refractivity contribution is 0.631.